The molecule has 1 rings (SSSR count). The Morgan fingerprint density at radius 2 is 2.16 bits per heavy atom. The van der Waals surface area contributed by atoms with Crippen molar-refractivity contribution < 1.29 is 9.53 Å². The van der Waals surface area contributed by atoms with Gasteiger partial charge in [-0.25, -0.2) is 4.79 Å². The van der Waals surface area contributed by atoms with Crippen LogP contribution < -0.4 is 0 Å². The third-order valence-electron chi connectivity index (χ3n) is 2.30. The van der Waals surface area contributed by atoms with Gasteiger partial charge in [0.25, 0.3) is 0 Å². The third kappa shape index (κ3) is 6.33. The van der Waals surface area contributed by atoms with Gasteiger partial charge in [0.2, 0.25) is 0 Å². The number of hydrogen-bond acceptors (Lipinski definition) is 2. The van der Waals surface area contributed by atoms with Gasteiger partial charge >= 0.3 is 5.97 Å². The standard InChI is InChI=1S/C15H14Cl2O2/c1-19-15(18)8-6-4-2-3-5-7-12-9-10-13(16)14(17)11-12/h5,7,9-11H,2-4H2,1H3/b7-5+. The fraction of sp³-hybridized carbons (Fsp3) is 0.267. The summed E-state index contributed by atoms with van der Waals surface area (Å²) in [6.45, 7) is 0. The molecule has 1 aromatic carbocycles. The number of benzene rings is 1. The molecule has 0 N–H and O–H groups in total. The molecule has 0 spiro atoms. The normalized spacial score (nSPS) is 10.1. The van der Waals surface area contributed by atoms with Gasteiger partial charge in [-0.3, -0.25) is 0 Å². The Hall–Kier alpha value is -1.43. The van der Waals surface area contributed by atoms with Crippen LogP contribution in [0.1, 0.15) is 24.8 Å². The van der Waals surface area contributed by atoms with Gasteiger partial charge in [0, 0.05) is 12.3 Å². The second-order valence-corrected chi connectivity index (χ2v) is 4.58. The first-order chi connectivity index (χ1) is 9.13. The van der Waals surface area contributed by atoms with Crippen molar-refractivity contribution in [3.63, 3.8) is 0 Å². The number of esters is 1. The van der Waals surface area contributed by atoms with Crippen LogP contribution >= 0.6 is 23.2 Å². The lowest BCUT2D eigenvalue weighted by atomic mass is 10.1. The smallest absolute Gasteiger partial charge is 0.384 e. The molecule has 2 nitrogen and oxygen atoms in total. The van der Waals surface area contributed by atoms with E-state index in [2.05, 4.69) is 16.6 Å². The van der Waals surface area contributed by atoms with Crippen molar-refractivity contribution in [2.75, 3.05) is 7.11 Å². The van der Waals surface area contributed by atoms with Crippen molar-refractivity contribution in [2.24, 2.45) is 0 Å². The van der Waals surface area contributed by atoms with E-state index in [0.29, 0.717) is 16.5 Å². The largest absolute Gasteiger partial charge is 0.459 e. The minimum atomic E-state index is -0.494. The van der Waals surface area contributed by atoms with E-state index in [-0.39, 0.29) is 0 Å². The zero-order valence-electron chi connectivity index (χ0n) is 10.6. The van der Waals surface area contributed by atoms with Crippen molar-refractivity contribution in [2.45, 2.75) is 19.3 Å². The van der Waals surface area contributed by atoms with Gasteiger partial charge in [0.05, 0.1) is 17.2 Å². The van der Waals surface area contributed by atoms with Crippen LogP contribution in [0.15, 0.2) is 24.3 Å². The topological polar surface area (TPSA) is 26.3 Å². The molecule has 0 heterocycles. The molecule has 0 unspecified atom stereocenters. The number of rotatable bonds is 4. The van der Waals surface area contributed by atoms with E-state index in [0.717, 1.165) is 18.4 Å². The first-order valence-corrected chi connectivity index (χ1v) is 6.57. The van der Waals surface area contributed by atoms with Gasteiger partial charge in [-0.15, -0.1) is 0 Å². The summed E-state index contributed by atoms with van der Waals surface area (Å²) in [5, 5.41) is 1.10. The number of carbonyl (C=O) groups is 1. The summed E-state index contributed by atoms with van der Waals surface area (Å²) in [6, 6.07) is 5.49. The number of carbonyl (C=O) groups excluding carboxylic acids is 1. The van der Waals surface area contributed by atoms with Crippen LogP contribution in [0, 0.1) is 11.8 Å². The summed E-state index contributed by atoms with van der Waals surface area (Å²) in [5.41, 5.74) is 1.01. The van der Waals surface area contributed by atoms with Gasteiger partial charge in [-0.2, -0.15) is 0 Å². The van der Waals surface area contributed by atoms with E-state index in [9.17, 15) is 4.79 Å². The van der Waals surface area contributed by atoms with Crippen LogP contribution in [0.2, 0.25) is 10.0 Å². The van der Waals surface area contributed by atoms with E-state index in [1.807, 2.05) is 24.3 Å². The van der Waals surface area contributed by atoms with Crippen molar-refractivity contribution in [3.8, 4) is 11.8 Å². The van der Waals surface area contributed by atoms with E-state index < -0.39 is 5.97 Å². The summed E-state index contributed by atoms with van der Waals surface area (Å²) in [6.07, 6.45) is 6.47. The number of allylic oxidation sites excluding steroid dienone is 1. The Morgan fingerprint density at radius 1 is 1.37 bits per heavy atom. The molecule has 100 valence electrons. The maximum atomic E-state index is 10.7. The van der Waals surface area contributed by atoms with E-state index in [1.54, 1.807) is 6.07 Å². The first-order valence-electron chi connectivity index (χ1n) is 5.82. The molecule has 0 radical (unpaired) electrons. The Morgan fingerprint density at radius 3 is 2.84 bits per heavy atom. The third-order valence-corrected chi connectivity index (χ3v) is 3.04. The van der Waals surface area contributed by atoms with Crippen LogP contribution in [-0.2, 0) is 9.53 Å². The fourth-order valence-electron chi connectivity index (χ4n) is 1.33. The average Bonchev–Trinajstić information content (AvgIpc) is 2.41. The van der Waals surface area contributed by atoms with Crippen LogP contribution in [0.5, 0.6) is 0 Å². The highest BCUT2D eigenvalue weighted by atomic mass is 35.5. The highest BCUT2D eigenvalue weighted by Crippen LogP contribution is 2.23. The number of unbranched alkanes of at least 4 members (excludes halogenated alkanes) is 2. The van der Waals surface area contributed by atoms with E-state index in [1.165, 1.54) is 7.11 Å². The molecule has 0 aliphatic rings. The zero-order valence-corrected chi connectivity index (χ0v) is 12.1. The molecular formula is C15H14Cl2O2. The molecule has 0 bridgehead atoms. The summed E-state index contributed by atoms with van der Waals surface area (Å²) in [4.78, 5) is 10.7. The minimum Gasteiger partial charge on any atom is -0.459 e. The van der Waals surface area contributed by atoms with Crippen molar-refractivity contribution in [1.82, 2.24) is 0 Å². The molecule has 4 heteroatoms. The molecule has 1 aromatic rings. The molecule has 0 fully saturated rings. The number of hydrogen-bond donors (Lipinski definition) is 0. The predicted octanol–water partition coefficient (Wildman–Crippen LogP) is 4.35. The zero-order chi connectivity index (χ0) is 14.1. The van der Waals surface area contributed by atoms with Gasteiger partial charge in [0.15, 0.2) is 0 Å². The fourth-order valence-corrected chi connectivity index (χ4v) is 1.64. The van der Waals surface area contributed by atoms with Crippen molar-refractivity contribution in [3.05, 3.63) is 39.9 Å². The Bertz CT molecular complexity index is 525. The predicted molar refractivity (Wildman–Crippen MR) is 79.1 cm³/mol. The highest BCUT2D eigenvalue weighted by molar-refractivity contribution is 6.42. The second kappa shape index (κ2) is 8.63. The lowest BCUT2D eigenvalue weighted by Gasteiger charge is -1.97. The monoisotopic (exact) mass is 296 g/mol. The maximum absolute atomic E-state index is 10.7. The molecule has 19 heavy (non-hydrogen) atoms. The van der Waals surface area contributed by atoms with Crippen LogP contribution in [-0.4, -0.2) is 13.1 Å². The first kappa shape index (κ1) is 15.6. The van der Waals surface area contributed by atoms with Gasteiger partial charge in [-0.1, -0.05) is 47.3 Å². The molecular weight excluding hydrogens is 283 g/mol. The molecule has 0 saturated heterocycles. The van der Waals surface area contributed by atoms with E-state index in [4.69, 9.17) is 23.2 Å². The second-order valence-electron chi connectivity index (χ2n) is 3.76. The summed E-state index contributed by atoms with van der Waals surface area (Å²) < 4.78 is 4.41. The molecule has 0 saturated carbocycles. The maximum Gasteiger partial charge on any atom is 0.384 e. The molecule has 0 aliphatic heterocycles. The number of halogens is 2. The van der Waals surface area contributed by atoms with Crippen LogP contribution in [0.4, 0.5) is 0 Å². The Balaban J connectivity index is 2.32. The number of ether oxygens (including phenoxy) is 1. The lowest BCUT2D eigenvalue weighted by Crippen LogP contribution is -1.93. The number of methoxy groups -OCH3 is 1. The van der Waals surface area contributed by atoms with Gasteiger partial charge in [-0.05, 0) is 30.5 Å². The van der Waals surface area contributed by atoms with Gasteiger partial charge < -0.3 is 4.74 Å². The molecule has 0 aliphatic carbocycles. The minimum absolute atomic E-state index is 0.494. The van der Waals surface area contributed by atoms with Crippen LogP contribution in [0.25, 0.3) is 6.08 Å². The highest BCUT2D eigenvalue weighted by Gasteiger charge is 1.96. The summed E-state index contributed by atoms with van der Waals surface area (Å²) >= 11 is 11.7. The Kier molecular flexibility index (Phi) is 7.10. The van der Waals surface area contributed by atoms with Crippen molar-refractivity contribution >= 4 is 35.2 Å². The summed E-state index contributed by atoms with van der Waals surface area (Å²) in [7, 11) is 1.32. The van der Waals surface area contributed by atoms with Gasteiger partial charge in [0.1, 0.15) is 0 Å². The lowest BCUT2D eigenvalue weighted by molar-refractivity contribution is -0.133. The molecule has 0 aromatic heterocycles. The van der Waals surface area contributed by atoms with Crippen LogP contribution in [0.3, 0.4) is 0 Å². The molecule has 0 amide bonds. The Labute approximate surface area is 123 Å². The summed E-state index contributed by atoms with van der Waals surface area (Å²) in [5.74, 6) is 4.65. The SMILES string of the molecule is COC(=O)C#CCCC/C=C/c1ccc(Cl)c(Cl)c1. The van der Waals surface area contributed by atoms with E-state index >= 15 is 0 Å². The average molecular weight is 297 g/mol. The van der Waals surface area contributed by atoms with Crippen molar-refractivity contribution in [1.29, 1.82) is 0 Å². The quantitative estimate of drug-likeness (QED) is 0.357. The molecule has 0 atom stereocenters.